The zero-order valence-electron chi connectivity index (χ0n) is 7.64. The quantitative estimate of drug-likeness (QED) is 0.756. The van der Waals surface area contributed by atoms with Gasteiger partial charge in [-0.2, -0.15) is 13.2 Å². The summed E-state index contributed by atoms with van der Waals surface area (Å²) in [6.45, 7) is 2.05. The first-order valence-corrected chi connectivity index (χ1v) is 4.14. The van der Waals surface area contributed by atoms with Crippen molar-refractivity contribution in [1.29, 1.82) is 0 Å². The Morgan fingerprint density at radius 1 is 1.43 bits per heavy atom. The second-order valence-corrected chi connectivity index (χ2v) is 2.65. The van der Waals surface area contributed by atoms with Crippen molar-refractivity contribution in [3.63, 3.8) is 0 Å². The number of aromatic nitrogens is 1. The monoisotopic (exact) mass is 205 g/mol. The third kappa shape index (κ3) is 2.70. The fraction of sp³-hybridized carbons (Fsp3) is 0.444. The van der Waals surface area contributed by atoms with E-state index in [1.807, 2.05) is 0 Å². The van der Waals surface area contributed by atoms with Crippen molar-refractivity contribution >= 4 is 0 Å². The van der Waals surface area contributed by atoms with Crippen molar-refractivity contribution < 1.29 is 17.9 Å². The molecule has 0 aliphatic rings. The Kier molecular flexibility index (Phi) is 3.46. The van der Waals surface area contributed by atoms with Crippen LogP contribution in [0.25, 0.3) is 0 Å². The van der Waals surface area contributed by atoms with E-state index < -0.39 is 11.9 Å². The molecule has 0 saturated carbocycles. The molecule has 1 aromatic heterocycles. The topological polar surface area (TPSA) is 22.1 Å². The molecule has 0 aliphatic heterocycles. The van der Waals surface area contributed by atoms with Gasteiger partial charge in [0.2, 0.25) is 0 Å². The van der Waals surface area contributed by atoms with E-state index >= 15 is 0 Å². The molecule has 0 unspecified atom stereocenters. The van der Waals surface area contributed by atoms with Crippen LogP contribution in [0.3, 0.4) is 0 Å². The maximum Gasteiger partial charge on any atom is 0.433 e. The van der Waals surface area contributed by atoms with E-state index in [4.69, 9.17) is 4.74 Å². The summed E-state index contributed by atoms with van der Waals surface area (Å²) < 4.78 is 42.0. The molecule has 0 aliphatic carbocycles. The highest BCUT2D eigenvalue weighted by Crippen LogP contribution is 2.30. The van der Waals surface area contributed by atoms with Crippen LogP contribution in [0.5, 0.6) is 0 Å². The van der Waals surface area contributed by atoms with Crippen LogP contribution in [0.15, 0.2) is 18.3 Å². The molecule has 0 spiro atoms. The molecule has 1 rings (SSSR count). The van der Waals surface area contributed by atoms with Crippen LogP contribution >= 0.6 is 0 Å². The third-order valence-electron chi connectivity index (χ3n) is 1.62. The number of rotatable bonds is 3. The SMILES string of the molecule is CCOCc1cccnc1C(F)(F)F. The van der Waals surface area contributed by atoms with E-state index in [1.165, 1.54) is 12.1 Å². The Labute approximate surface area is 79.7 Å². The van der Waals surface area contributed by atoms with Crippen molar-refractivity contribution in [2.24, 2.45) is 0 Å². The summed E-state index contributed by atoms with van der Waals surface area (Å²) in [6, 6.07) is 2.83. The first kappa shape index (κ1) is 11.0. The molecule has 1 aromatic rings. The molecule has 0 amide bonds. The molecule has 0 saturated heterocycles. The largest absolute Gasteiger partial charge is 0.433 e. The fourth-order valence-corrected chi connectivity index (χ4v) is 1.02. The summed E-state index contributed by atoms with van der Waals surface area (Å²) in [5, 5.41) is 0. The molecule has 14 heavy (non-hydrogen) atoms. The van der Waals surface area contributed by atoms with Crippen molar-refractivity contribution in [2.45, 2.75) is 19.7 Å². The van der Waals surface area contributed by atoms with Gasteiger partial charge in [-0.05, 0) is 13.0 Å². The van der Waals surface area contributed by atoms with Gasteiger partial charge < -0.3 is 4.74 Å². The fourth-order valence-electron chi connectivity index (χ4n) is 1.02. The number of ether oxygens (including phenoxy) is 1. The first-order chi connectivity index (χ1) is 6.55. The maximum atomic E-state index is 12.4. The van der Waals surface area contributed by atoms with Crippen LogP contribution in [0, 0.1) is 0 Å². The van der Waals surface area contributed by atoms with Gasteiger partial charge in [0.25, 0.3) is 0 Å². The van der Waals surface area contributed by atoms with Gasteiger partial charge in [0.15, 0.2) is 0 Å². The smallest absolute Gasteiger partial charge is 0.377 e. The summed E-state index contributed by atoms with van der Waals surface area (Å²) in [4.78, 5) is 3.30. The molecule has 0 radical (unpaired) electrons. The predicted molar refractivity (Wildman–Crippen MR) is 44.6 cm³/mol. The maximum absolute atomic E-state index is 12.4. The number of hydrogen-bond donors (Lipinski definition) is 0. The van der Waals surface area contributed by atoms with Crippen LogP contribution in [0.2, 0.25) is 0 Å². The molecule has 0 aromatic carbocycles. The molecular formula is C9H10F3NO. The molecule has 0 atom stereocenters. The van der Waals surface area contributed by atoms with Gasteiger partial charge in [0, 0.05) is 18.4 Å². The van der Waals surface area contributed by atoms with E-state index in [1.54, 1.807) is 6.92 Å². The van der Waals surface area contributed by atoms with E-state index in [0.717, 1.165) is 6.20 Å². The molecule has 0 fully saturated rings. The molecular weight excluding hydrogens is 195 g/mol. The number of pyridine rings is 1. The van der Waals surface area contributed by atoms with Crippen molar-refractivity contribution in [3.05, 3.63) is 29.6 Å². The lowest BCUT2D eigenvalue weighted by Crippen LogP contribution is -2.12. The second kappa shape index (κ2) is 4.41. The highest BCUT2D eigenvalue weighted by atomic mass is 19.4. The van der Waals surface area contributed by atoms with Crippen LogP contribution in [0.4, 0.5) is 13.2 Å². The predicted octanol–water partition coefficient (Wildman–Crippen LogP) is 2.64. The minimum absolute atomic E-state index is 0.0564. The Bertz CT molecular complexity index is 298. The van der Waals surface area contributed by atoms with Gasteiger partial charge in [0.1, 0.15) is 5.69 Å². The van der Waals surface area contributed by atoms with Crippen LogP contribution in [0.1, 0.15) is 18.2 Å². The Morgan fingerprint density at radius 2 is 2.14 bits per heavy atom. The average Bonchev–Trinajstić information content (AvgIpc) is 2.14. The molecule has 2 nitrogen and oxygen atoms in total. The number of halogens is 3. The molecule has 1 heterocycles. The average molecular weight is 205 g/mol. The molecule has 5 heteroatoms. The summed E-state index contributed by atoms with van der Waals surface area (Å²) in [6.07, 6.45) is -3.29. The van der Waals surface area contributed by atoms with E-state index in [0.29, 0.717) is 6.61 Å². The molecule has 0 N–H and O–H groups in total. The highest BCUT2D eigenvalue weighted by molar-refractivity contribution is 5.21. The normalized spacial score (nSPS) is 11.7. The van der Waals surface area contributed by atoms with E-state index in [-0.39, 0.29) is 12.2 Å². The number of nitrogens with zero attached hydrogens (tertiary/aromatic N) is 1. The Morgan fingerprint density at radius 3 is 2.71 bits per heavy atom. The van der Waals surface area contributed by atoms with Crippen LogP contribution in [-0.2, 0) is 17.5 Å². The molecule has 0 bridgehead atoms. The van der Waals surface area contributed by atoms with E-state index in [9.17, 15) is 13.2 Å². The lowest BCUT2D eigenvalue weighted by molar-refractivity contribution is -0.142. The van der Waals surface area contributed by atoms with Crippen molar-refractivity contribution in [3.8, 4) is 0 Å². The van der Waals surface area contributed by atoms with Gasteiger partial charge in [-0.15, -0.1) is 0 Å². The lowest BCUT2D eigenvalue weighted by Gasteiger charge is -2.10. The number of hydrogen-bond acceptors (Lipinski definition) is 2. The summed E-state index contributed by atoms with van der Waals surface area (Å²) in [5.74, 6) is 0. The zero-order valence-corrected chi connectivity index (χ0v) is 7.64. The Hall–Kier alpha value is -1.10. The lowest BCUT2D eigenvalue weighted by atomic mass is 10.2. The first-order valence-electron chi connectivity index (χ1n) is 4.14. The van der Waals surface area contributed by atoms with Crippen molar-refractivity contribution in [1.82, 2.24) is 4.98 Å². The van der Waals surface area contributed by atoms with Gasteiger partial charge in [-0.1, -0.05) is 6.07 Å². The van der Waals surface area contributed by atoms with Crippen molar-refractivity contribution in [2.75, 3.05) is 6.61 Å². The Balaban J connectivity index is 2.92. The van der Waals surface area contributed by atoms with E-state index in [2.05, 4.69) is 4.98 Å². The highest BCUT2D eigenvalue weighted by Gasteiger charge is 2.34. The summed E-state index contributed by atoms with van der Waals surface area (Å²) in [5.41, 5.74) is -0.796. The van der Waals surface area contributed by atoms with Gasteiger partial charge in [0.05, 0.1) is 6.61 Å². The molecule has 78 valence electrons. The minimum atomic E-state index is -4.41. The minimum Gasteiger partial charge on any atom is -0.377 e. The van der Waals surface area contributed by atoms with Gasteiger partial charge in [-0.25, -0.2) is 0 Å². The standard InChI is InChI=1S/C9H10F3NO/c1-2-14-6-7-4-3-5-13-8(7)9(10,11)12/h3-5H,2,6H2,1H3. The summed E-state index contributed by atoms with van der Waals surface area (Å²) in [7, 11) is 0. The third-order valence-corrected chi connectivity index (χ3v) is 1.62. The van der Waals surface area contributed by atoms with Gasteiger partial charge in [-0.3, -0.25) is 4.98 Å². The zero-order chi connectivity index (χ0) is 10.6. The van der Waals surface area contributed by atoms with Gasteiger partial charge >= 0.3 is 6.18 Å². The number of alkyl halides is 3. The summed E-state index contributed by atoms with van der Waals surface area (Å²) >= 11 is 0. The van der Waals surface area contributed by atoms with Crippen LogP contribution in [-0.4, -0.2) is 11.6 Å². The van der Waals surface area contributed by atoms with Crippen LogP contribution < -0.4 is 0 Å². The second-order valence-electron chi connectivity index (χ2n) is 2.65.